The summed E-state index contributed by atoms with van der Waals surface area (Å²) in [5.74, 6) is -0.998. The van der Waals surface area contributed by atoms with Crippen LogP contribution in [0, 0.1) is 0 Å². The Morgan fingerprint density at radius 3 is 0.986 bits per heavy atom. The van der Waals surface area contributed by atoms with Crippen molar-refractivity contribution < 1.29 is 28.9 Å². The molecule has 0 fully saturated rings. The lowest BCUT2D eigenvalue weighted by molar-refractivity contribution is -0.0193. The molecular formula is C60H41N3O6. The van der Waals surface area contributed by atoms with Gasteiger partial charge in [-0.15, -0.1) is 0 Å². The van der Waals surface area contributed by atoms with Gasteiger partial charge in [-0.2, -0.15) is 0 Å². The van der Waals surface area contributed by atoms with Gasteiger partial charge in [-0.25, -0.2) is 9.59 Å². The van der Waals surface area contributed by atoms with Crippen molar-refractivity contribution in [3.63, 3.8) is 0 Å². The first-order valence-electron chi connectivity index (χ1n) is 22.2. The number of ether oxygens (including phenoxy) is 3. The quantitative estimate of drug-likeness (QED) is 0.0890. The number of aliphatic hydroxyl groups is 1. The van der Waals surface area contributed by atoms with Crippen LogP contribution in [0.5, 0.6) is 17.2 Å². The standard InChI is InChI=1S/C60H41N3O6/c64-58(67-55-37-61-52(43-25-13-4-14-26-43)34-49(55)40-19-7-1-8-20-40)46-31-47(59(65)68-56-38-62-53(44-27-15-5-16-28-44)35-50(56)41-21-9-2-10-22-41)33-48(32-46)60(66)69-57-39-63-54(45-29-17-6-18-30-45)36-51(57)42-23-11-3-12-24-42/h1-39,58,64H. The predicted molar refractivity (Wildman–Crippen MR) is 267 cm³/mol. The summed E-state index contributed by atoms with van der Waals surface area (Å²) < 4.78 is 18.6. The summed E-state index contributed by atoms with van der Waals surface area (Å²) in [7, 11) is 0. The molecule has 0 spiro atoms. The van der Waals surface area contributed by atoms with E-state index in [4.69, 9.17) is 14.2 Å². The summed E-state index contributed by atoms with van der Waals surface area (Å²) in [5.41, 5.74) is 9.02. The minimum Gasteiger partial charge on any atom is -0.459 e. The number of rotatable bonds is 13. The highest BCUT2D eigenvalue weighted by atomic mass is 16.6. The summed E-state index contributed by atoms with van der Waals surface area (Å²) in [4.78, 5) is 43.0. The molecule has 10 rings (SSSR count). The SMILES string of the molecule is O=C(Oc1cnc(-c2ccccc2)cc1-c1ccccc1)c1cc(C(=O)Oc2cnc(-c3ccccc3)cc2-c2ccccc2)cc(C(O)Oc2cnc(-c3ccccc3)cc2-c2ccccc2)c1. The highest BCUT2D eigenvalue weighted by molar-refractivity contribution is 5.98. The van der Waals surface area contributed by atoms with Gasteiger partial charge in [0.1, 0.15) is 5.75 Å². The molecule has 3 heterocycles. The maximum atomic E-state index is 14.5. The number of hydrogen-bond acceptors (Lipinski definition) is 9. The molecule has 1 N–H and O–H groups in total. The lowest BCUT2D eigenvalue weighted by Gasteiger charge is -2.19. The van der Waals surface area contributed by atoms with Crippen LogP contribution in [0.25, 0.3) is 67.2 Å². The predicted octanol–water partition coefficient (Wildman–Crippen LogP) is 13.4. The summed E-state index contributed by atoms with van der Waals surface area (Å²) in [6, 6.07) is 67.6. The first kappa shape index (κ1) is 43.6. The minimum atomic E-state index is -1.70. The molecule has 7 aromatic carbocycles. The molecule has 0 aliphatic rings. The molecule has 332 valence electrons. The van der Waals surface area contributed by atoms with Crippen LogP contribution in [-0.2, 0) is 0 Å². The van der Waals surface area contributed by atoms with Crippen molar-refractivity contribution in [1.29, 1.82) is 0 Å². The Kier molecular flexibility index (Phi) is 12.7. The number of carbonyl (C=O) groups is 2. The molecule has 69 heavy (non-hydrogen) atoms. The van der Waals surface area contributed by atoms with E-state index in [1.54, 1.807) is 6.20 Å². The van der Waals surface area contributed by atoms with E-state index >= 15 is 0 Å². The Labute approximate surface area is 398 Å². The van der Waals surface area contributed by atoms with Crippen LogP contribution in [0.4, 0.5) is 0 Å². The number of aromatic nitrogens is 3. The second-order valence-electron chi connectivity index (χ2n) is 16.0. The maximum Gasteiger partial charge on any atom is 0.343 e. The topological polar surface area (TPSA) is 121 Å². The zero-order valence-electron chi connectivity index (χ0n) is 36.9. The highest BCUT2D eigenvalue weighted by Crippen LogP contribution is 2.38. The molecule has 9 nitrogen and oxygen atoms in total. The number of pyridine rings is 3. The summed E-state index contributed by atoms with van der Waals surface area (Å²) in [6.45, 7) is 0. The van der Waals surface area contributed by atoms with Crippen molar-refractivity contribution in [2.24, 2.45) is 0 Å². The highest BCUT2D eigenvalue weighted by Gasteiger charge is 2.24. The van der Waals surface area contributed by atoms with Gasteiger partial charge < -0.3 is 19.3 Å². The second-order valence-corrected chi connectivity index (χ2v) is 16.0. The summed E-state index contributed by atoms with van der Waals surface area (Å²) >= 11 is 0. The van der Waals surface area contributed by atoms with Gasteiger partial charge >= 0.3 is 11.9 Å². The number of nitrogens with zero attached hydrogens (tertiary/aromatic N) is 3. The number of aliphatic hydroxyl groups excluding tert-OH is 1. The molecule has 0 saturated carbocycles. The van der Waals surface area contributed by atoms with Crippen LogP contribution in [0.3, 0.4) is 0 Å². The third-order valence-corrected chi connectivity index (χ3v) is 11.4. The van der Waals surface area contributed by atoms with E-state index in [2.05, 4.69) is 15.0 Å². The monoisotopic (exact) mass is 899 g/mol. The van der Waals surface area contributed by atoms with Crippen molar-refractivity contribution in [2.45, 2.75) is 6.29 Å². The summed E-state index contributed by atoms with van der Waals surface area (Å²) in [5, 5.41) is 12.0. The van der Waals surface area contributed by atoms with Gasteiger partial charge in [0.2, 0.25) is 6.29 Å². The van der Waals surface area contributed by atoms with E-state index in [0.29, 0.717) is 33.8 Å². The summed E-state index contributed by atoms with van der Waals surface area (Å²) in [6.07, 6.45) is 2.87. The van der Waals surface area contributed by atoms with E-state index in [-0.39, 0.29) is 33.9 Å². The minimum absolute atomic E-state index is 0.0603. The van der Waals surface area contributed by atoms with Gasteiger partial charge in [0.05, 0.1) is 46.8 Å². The number of hydrogen-bond donors (Lipinski definition) is 1. The molecule has 3 aromatic heterocycles. The van der Waals surface area contributed by atoms with Crippen LogP contribution in [0.1, 0.15) is 32.6 Å². The fourth-order valence-corrected chi connectivity index (χ4v) is 7.95. The Morgan fingerprint density at radius 2 is 0.652 bits per heavy atom. The Hall–Kier alpha value is -9.31. The van der Waals surface area contributed by atoms with Crippen molar-refractivity contribution in [3.05, 3.63) is 254 Å². The molecule has 0 bridgehead atoms. The Bertz CT molecular complexity index is 3240. The van der Waals surface area contributed by atoms with Gasteiger partial charge in [0.25, 0.3) is 0 Å². The third-order valence-electron chi connectivity index (χ3n) is 11.4. The van der Waals surface area contributed by atoms with Crippen LogP contribution in [0.2, 0.25) is 0 Å². The molecule has 0 saturated heterocycles. The number of carbonyl (C=O) groups excluding carboxylic acids is 2. The zero-order valence-corrected chi connectivity index (χ0v) is 36.9. The lowest BCUT2D eigenvalue weighted by Crippen LogP contribution is -2.16. The fourth-order valence-electron chi connectivity index (χ4n) is 7.95. The first-order valence-corrected chi connectivity index (χ1v) is 22.2. The van der Waals surface area contributed by atoms with E-state index in [1.807, 2.05) is 200 Å². The van der Waals surface area contributed by atoms with E-state index in [0.717, 1.165) is 33.4 Å². The average molecular weight is 900 g/mol. The first-order chi connectivity index (χ1) is 33.9. The van der Waals surface area contributed by atoms with Gasteiger partial charge in [-0.1, -0.05) is 182 Å². The lowest BCUT2D eigenvalue weighted by atomic mass is 10.0. The fraction of sp³-hybridized carbons (Fsp3) is 0.0167. The van der Waals surface area contributed by atoms with Crippen molar-refractivity contribution in [2.75, 3.05) is 0 Å². The molecule has 1 unspecified atom stereocenters. The molecule has 1 atom stereocenters. The van der Waals surface area contributed by atoms with Crippen molar-refractivity contribution in [3.8, 4) is 84.4 Å². The van der Waals surface area contributed by atoms with Crippen LogP contribution in [-0.4, -0.2) is 32.0 Å². The molecule has 9 heteroatoms. The van der Waals surface area contributed by atoms with Gasteiger partial charge in [0, 0.05) is 38.9 Å². The van der Waals surface area contributed by atoms with Crippen molar-refractivity contribution >= 4 is 11.9 Å². The normalized spacial score (nSPS) is 11.3. The van der Waals surface area contributed by atoms with Gasteiger partial charge in [-0.3, -0.25) is 15.0 Å². The zero-order chi connectivity index (χ0) is 46.9. The van der Waals surface area contributed by atoms with Crippen LogP contribution >= 0.6 is 0 Å². The third kappa shape index (κ3) is 9.95. The van der Waals surface area contributed by atoms with E-state index < -0.39 is 18.2 Å². The van der Waals surface area contributed by atoms with E-state index in [9.17, 15) is 14.7 Å². The second kappa shape index (κ2) is 20.1. The molecule has 0 aliphatic heterocycles. The molecule has 0 amide bonds. The van der Waals surface area contributed by atoms with Crippen LogP contribution in [0.15, 0.2) is 237 Å². The molecule has 0 aliphatic carbocycles. The van der Waals surface area contributed by atoms with Crippen molar-refractivity contribution in [1.82, 2.24) is 15.0 Å². The molecule has 0 radical (unpaired) electrons. The van der Waals surface area contributed by atoms with Gasteiger partial charge in [-0.05, 0) is 53.1 Å². The van der Waals surface area contributed by atoms with E-state index in [1.165, 1.54) is 30.6 Å². The maximum absolute atomic E-state index is 14.5. The molecule has 10 aromatic rings. The number of benzene rings is 7. The largest absolute Gasteiger partial charge is 0.459 e. The Balaban J connectivity index is 1.04. The Morgan fingerprint density at radius 1 is 0.362 bits per heavy atom. The smallest absolute Gasteiger partial charge is 0.343 e. The number of esters is 2. The molecular weight excluding hydrogens is 859 g/mol. The van der Waals surface area contributed by atoms with Crippen LogP contribution < -0.4 is 14.2 Å². The average Bonchev–Trinajstić information content (AvgIpc) is 3.42. The van der Waals surface area contributed by atoms with Gasteiger partial charge in [0.15, 0.2) is 11.5 Å².